The third-order valence-corrected chi connectivity index (χ3v) is 2.97. The molecule has 18 heavy (non-hydrogen) atoms. The van der Waals surface area contributed by atoms with Gasteiger partial charge < -0.3 is 10.1 Å². The minimum Gasteiger partial charge on any atom is -0.492 e. The molecule has 0 saturated heterocycles. The molecular weight excluding hydrogens is 230 g/mol. The van der Waals surface area contributed by atoms with Gasteiger partial charge >= 0.3 is 0 Å². The van der Waals surface area contributed by atoms with E-state index in [4.69, 9.17) is 4.74 Å². The average Bonchev–Trinajstić information content (AvgIpc) is 2.95. The Hall–Kier alpha value is -2.30. The van der Waals surface area contributed by atoms with E-state index >= 15 is 0 Å². The first-order valence-corrected chi connectivity index (χ1v) is 5.78. The topological polar surface area (TPSA) is 67.0 Å². The van der Waals surface area contributed by atoms with Crippen LogP contribution in [-0.4, -0.2) is 22.7 Å². The number of hydrogen-bond donors (Lipinski definition) is 2. The number of carbonyl (C=O) groups is 1. The normalized spacial score (nSPS) is 17.1. The summed E-state index contributed by atoms with van der Waals surface area (Å²) in [5, 5.41) is 9.56. The number of anilines is 1. The van der Waals surface area contributed by atoms with Crippen LogP contribution in [0.15, 0.2) is 30.3 Å². The molecule has 1 aliphatic heterocycles. The molecule has 1 aromatic carbocycles. The minimum atomic E-state index is -0.266. The van der Waals surface area contributed by atoms with Gasteiger partial charge in [0.05, 0.1) is 0 Å². The summed E-state index contributed by atoms with van der Waals surface area (Å²) >= 11 is 0. The van der Waals surface area contributed by atoms with Gasteiger partial charge in [-0.25, -0.2) is 0 Å². The summed E-state index contributed by atoms with van der Waals surface area (Å²) in [6.45, 7) is 2.27. The molecule has 1 unspecified atom stereocenters. The van der Waals surface area contributed by atoms with E-state index in [0.29, 0.717) is 12.4 Å². The van der Waals surface area contributed by atoms with E-state index in [-0.39, 0.29) is 11.8 Å². The van der Waals surface area contributed by atoms with Crippen LogP contribution in [0.5, 0.6) is 5.75 Å². The molecule has 1 amide bonds. The Balaban J connectivity index is 1.78. The van der Waals surface area contributed by atoms with Crippen LogP contribution < -0.4 is 10.1 Å². The van der Waals surface area contributed by atoms with Crippen LogP contribution in [0, 0.1) is 6.92 Å². The molecule has 0 spiro atoms. The van der Waals surface area contributed by atoms with Gasteiger partial charge in [-0.3, -0.25) is 9.89 Å². The quantitative estimate of drug-likeness (QED) is 0.845. The number of fused-ring (bicyclic) bond motifs is 1. The summed E-state index contributed by atoms with van der Waals surface area (Å²) in [7, 11) is 0. The lowest BCUT2D eigenvalue weighted by Gasteiger charge is -2.07. The summed E-state index contributed by atoms with van der Waals surface area (Å²) < 4.78 is 5.49. The molecule has 3 rings (SSSR count). The van der Waals surface area contributed by atoms with E-state index < -0.39 is 0 Å². The van der Waals surface area contributed by atoms with Crippen molar-refractivity contribution in [1.29, 1.82) is 0 Å². The number of rotatable bonds is 2. The maximum Gasteiger partial charge on any atom is 0.236 e. The van der Waals surface area contributed by atoms with E-state index in [1.807, 2.05) is 31.2 Å². The summed E-state index contributed by atoms with van der Waals surface area (Å²) in [5.41, 5.74) is 1.84. The van der Waals surface area contributed by atoms with Crippen LogP contribution in [0.2, 0.25) is 0 Å². The highest BCUT2D eigenvalue weighted by atomic mass is 16.5. The van der Waals surface area contributed by atoms with Gasteiger partial charge in [-0.1, -0.05) is 18.2 Å². The standard InChI is InChI=1S/C13H13N3O2/c1-8-6-12(16-15-8)14-13(17)10-7-18-11-5-3-2-4-9(10)11/h2-6,10H,7H2,1H3,(H2,14,15,16,17). The van der Waals surface area contributed by atoms with E-state index in [0.717, 1.165) is 17.0 Å². The number of aromatic nitrogens is 2. The molecule has 5 heteroatoms. The summed E-state index contributed by atoms with van der Waals surface area (Å²) in [6, 6.07) is 9.39. The number of benzene rings is 1. The Morgan fingerprint density at radius 1 is 1.50 bits per heavy atom. The smallest absolute Gasteiger partial charge is 0.236 e. The largest absolute Gasteiger partial charge is 0.492 e. The van der Waals surface area contributed by atoms with Gasteiger partial charge in [0.25, 0.3) is 0 Å². The van der Waals surface area contributed by atoms with Crippen molar-refractivity contribution >= 4 is 11.7 Å². The molecule has 0 radical (unpaired) electrons. The number of aryl methyl sites for hydroxylation is 1. The Morgan fingerprint density at radius 2 is 2.33 bits per heavy atom. The van der Waals surface area contributed by atoms with Gasteiger partial charge in [-0.15, -0.1) is 0 Å². The van der Waals surface area contributed by atoms with Crippen molar-refractivity contribution in [2.24, 2.45) is 0 Å². The molecule has 0 aliphatic carbocycles. The Bertz CT molecular complexity index is 591. The van der Waals surface area contributed by atoms with Crippen LogP contribution in [-0.2, 0) is 4.79 Å². The fraction of sp³-hybridized carbons (Fsp3) is 0.231. The van der Waals surface area contributed by atoms with Gasteiger partial charge in [0.2, 0.25) is 5.91 Å². The lowest BCUT2D eigenvalue weighted by Crippen LogP contribution is -2.22. The zero-order valence-electron chi connectivity index (χ0n) is 9.93. The number of ether oxygens (including phenoxy) is 1. The van der Waals surface area contributed by atoms with Crippen molar-refractivity contribution in [3.8, 4) is 5.75 Å². The highest BCUT2D eigenvalue weighted by Crippen LogP contribution is 2.33. The first-order chi connectivity index (χ1) is 8.74. The van der Waals surface area contributed by atoms with Crippen LogP contribution in [0.1, 0.15) is 17.2 Å². The summed E-state index contributed by atoms with van der Waals surface area (Å²) in [5.74, 6) is 0.974. The molecule has 0 saturated carbocycles. The lowest BCUT2D eigenvalue weighted by molar-refractivity contribution is -0.117. The number of H-pyrrole nitrogens is 1. The second-order valence-electron chi connectivity index (χ2n) is 4.33. The van der Waals surface area contributed by atoms with Crippen molar-refractivity contribution < 1.29 is 9.53 Å². The van der Waals surface area contributed by atoms with E-state index in [1.165, 1.54) is 0 Å². The Morgan fingerprint density at radius 3 is 3.11 bits per heavy atom. The van der Waals surface area contributed by atoms with Gasteiger partial charge in [-0.05, 0) is 13.0 Å². The van der Waals surface area contributed by atoms with Crippen LogP contribution in [0.3, 0.4) is 0 Å². The van der Waals surface area contributed by atoms with Gasteiger partial charge in [-0.2, -0.15) is 5.10 Å². The van der Waals surface area contributed by atoms with Crippen LogP contribution in [0.25, 0.3) is 0 Å². The molecule has 2 N–H and O–H groups in total. The summed E-state index contributed by atoms with van der Waals surface area (Å²) in [6.07, 6.45) is 0. The van der Waals surface area contributed by atoms with Crippen molar-refractivity contribution in [2.45, 2.75) is 12.8 Å². The lowest BCUT2D eigenvalue weighted by atomic mass is 10.0. The van der Waals surface area contributed by atoms with Crippen molar-refractivity contribution in [1.82, 2.24) is 10.2 Å². The zero-order valence-corrected chi connectivity index (χ0v) is 9.93. The second kappa shape index (κ2) is 4.18. The number of aromatic amines is 1. The van der Waals surface area contributed by atoms with E-state index in [1.54, 1.807) is 6.07 Å². The molecule has 1 aliphatic rings. The number of para-hydroxylation sites is 1. The molecule has 2 aromatic rings. The summed E-state index contributed by atoms with van der Waals surface area (Å²) in [4.78, 5) is 12.1. The minimum absolute atomic E-state index is 0.0912. The predicted octanol–water partition coefficient (Wildman–Crippen LogP) is 1.83. The van der Waals surface area contributed by atoms with Crippen LogP contribution in [0.4, 0.5) is 5.82 Å². The van der Waals surface area contributed by atoms with Gasteiger partial charge in [0.1, 0.15) is 18.3 Å². The number of nitrogens with zero attached hydrogens (tertiary/aromatic N) is 1. The predicted molar refractivity (Wildman–Crippen MR) is 66.6 cm³/mol. The third kappa shape index (κ3) is 1.84. The number of nitrogens with one attached hydrogen (secondary N) is 2. The van der Waals surface area contributed by atoms with Crippen molar-refractivity contribution in [3.63, 3.8) is 0 Å². The molecule has 0 fully saturated rings. The Labute approximate surface area is 104 Å². The number of amides is 1. The molecule has 5 nitrogen and oxygen atoms in total. The van der Waals surface area contributed by atoms with Crippen molar-refractivity contribution in [2.75, 3.05) is 11.9 Å². The maximum atomic E-state index is 12.1. The van der Waals surface area contributed by atoms with Gasteiger partial charge in [0, 0.05) is 17.3 Å². The SMILES string of the molecule is Cc1cc(NC(=O)C2COc3ccccc32)n[nH]1. The highest BCUT2D eigenvalue weighted by molar-refractivity contribution is 5.96. The van der Waals surface area contributed by atoms with Crippen molar-refractivity contribution in [3.05, 3.63) is 41.6 Å². The van der Waals surface area contributed by atoms with Crippen LogP contribution >= 0.6 is 0 Å². The molecule has 0 bridgehead atoms. The zero-order chi connectivity index (χ0) is 12.5. The second-order valence-corrected chi connectivity index (χ2v) is 4.33. The Kier molecular flexibility index (Phi) is 2.51. The third-order valence-electron chi connectivity index (χ3n) is 2.97. The maximum absolute atomic E-state index is 12.1. The first kappa shape index (κ1) is 10.8. The monoisotopic (exact) mass is 243 g/mol. The average molecular weight is 243 g/mol. The fourth-order valence-electron chi connectivity index (χ4n) is 2.08. The van der Waals surface area contributed by atoms with E-state index in [9.17, 15) is 4.79 Å². The molecule has 1 atom stereocenters. The first-order valence-electron chi connectivity index (χ1n) is 5.78. The fourth-order valence-corrected chi connectivity index (χ4v) is 2.08. The molecule has 1 aromatic heterocycles. The molecule has 92 valence electrons. The number of hydrogen-bond acceptors (Lipinski definition) is 3. The van der Waals surface area contributed by atoms with E-state index in [2.05, 4.69) is 15.5 Å². The van der Waals surface area contributed by atoms with Gasteiger partial charge in [0.15, 0.2) is 5.82 Å². The highest BCUT2D eigenvalue weighted by Gasteiger charge is 2.30. The molecular formula is C13H13N3O2. The number of carbonyl (C=O) groups excluding carboxylic acids is 1. The molecule has 2 heterocycles.